The van der Waals surface area contributed by atoms with Crippen molar-refractivity contribution in [3.05, 3.63) is 22.4 Å². The summed E-state index contributed by atoms with van der Waals surface area (Å²) in [4.78, 5) is 5.63. The maximum atomic E-state index is 5.28. The van der Waals surface area contributed by atoms with Crippen molar-refractivity contribution in [2.75, 3.05) is 33.4 Å². The molecule has 0 aliphatic rings. The Balaban J connectivity index is 0.00000361. The summed E-state index contributed by atoms with van der Waals surface area (Å²) in [7, 11) is 1.79. The number of ether oxygens (including phenoxy) is 1. The summed E-state index contributed by atoms with van der Waals surface area (Å²) >= 11 is 1.82. The van der Waals surface area contributed by atoms with Crippen molar-refractivity contribution in [3.63, 3.8) is 0 Å². The van der Waals surface area contributed by atoms with E-state index < -0.39 is 0 Å². The first-order chi connectivity index (χ1) is 9.26. The highest BCUT2D eigenvalue weighted by Crippen LogP contribution is 2.13. The Labute approximate surface area is 143 Å². The van der Waals surface area contributed by atoms with Crippen LogP contribution in [0.25, 0.3) is 0 Å². The number of rotatable bonds is 8. The molecule has 116 valence electrons. The maximum absolute atomic E-state index is 5.28. The Morgan fingerprint density at radius 1 is 1.45 bits per heavy atom. The summed E-state index contributed by atoms with van der Waals surface area (Å²) in [5.74, 6) is 1.43. The van der Waals surface area contributed by atoms with Crippen molar-refractivity contribution >= 4 is 41.3 Å². The Morgan fingerprint density at radius 3 is 2.85 bits per heavy atom. The third-order valence-electron chi connectivity index (χ3n) is 2.71. The summed E-state index contributed by atoms with van der Waals surface area (Å²) < 4.78 is 5.28. The van der Waals surface area contributed by atoms with E-state index in [9.17, 15) is 0 Å². The highest BCUT2D eigenvalue weighted by Gasteiger charge is 2.05. The molecule has 0 fully saturated rings. The number of halogens is 1. The second-order valence-electron chi connectivity index (χ2n) is 4.47. The van der Waals surface area contributed by atoms with Gasteiger partial charge in [-0.25, -0.2) is 0 Å². The highest BCUT2D eigenvalue weighted by atomic mass is 127. The Bertz CT molecular complexity index is 357. The van der Waals surface area contributed by atoms with Crippen LogP contribution in [0.1, 0.15) is 18.7 Å². The predicted octanol–water partition coefficient (Wildman–Crippen LogP) is 2.75. The summed E-state index contributed by atoms with van der Waals surface area (Å²) in [6, 6.07) is 4.30. The quantitative estimate of drug-likeness (QED) is 0.299. The molecule has 1 rings (SSSR count). The zero-order valence-electron chi connectivity index (χ0n) is 12.5. The Morgan fingerprint density at radius 2 is 2.25 bits per heavy atom. The molecule has 0 aliphatic heterocycles. The highest BCUT2D eigenvalue weighted by molar-refractivity contribution is 14.0. The molecule has 0 bridgehead atoms. The molecule has 6 heteroatoms. The monoisotopic (exact) mass is 411 g/mol. The smallest absolute Gasteiger partial charge is 0.191 e. The first-order valence-corrected chi connectivity index (χ1v) is 7.68. The van der Waals surface area contributed by atoms with Gasteiger partial charge in [0, 0.05) is 31.6 Å². The van der Waals surface area contributed by atoms with Crippen molar-refractivity contribution < 1.29 is 4.74 Å². The second-order valence-corrected chi connectivity index (χ2v) is 5.50. The van der Waals surface area contributed by atoms with Gasteiger partial charge in [0.2, 0.25) is 0 Å². The predicted molar refractivity (Wildman–Crippen MR) is 98.5 cm³/mol. The fraction of sp³-hybridized carbons (Fsp3) is 0.643. The van der Waals surface area contributed by atoms with Gasteiger partial charge in [-0.2, -0.15) is 0 Å². The van der Waals surface area contributed by atoms with Gasteiger partial charge in [0.15, 0.2) is 5.96 Å². The third-order valence-corrected chi connectivity index (χ3v) is 3.61. The van der Waals surface area contributed by atoms with Crippen LogP contribution in [-0.4, -0.2) is 39.3 Å². The zero-order valence-corrected chi connectivity index (χ0v) is 15.7. The summed E-state index contributed by atoms with van der Waals surface area (Å²) in [6.07, 6.45) is 1.11. The number of nitrogens with zero attached hydrogens (tertiary/aromatic N) is 1. The molecular weight excluding hydrogens is 385 g/mol. The van der Waals surface area contributed by atoms with Gasteiger partial charge in [-0.1, -0.05) is 13.0 Å². The number of guanidine groups is 1. The molecule has 0 aromatic carbocycles. The van der Waals surface area contributed by atoms with Gasteiger partial charge in [0.1, 0.15) is 0 Å². The van der Waals surface area contributed by atoms with Crippen molar-refractivity contribution in [3.8, 4) is 0 Å². The molecule has 1 atom stereocenters. The van der Waals surface area contributed by atoms with Gasteiger partial charge in [-0.15, -0.1) is 35.3 Å². The van der Waals surface area contributed by atoms with E-state index in [4.69, 9.17) is 4.74 Å². The summed E-state index contributed by atoms with van der Waals surface area (Å²) in [6.45, 7) is 7.42. The van der Waals surface area contributed by atoms with E-state index in [0.717, 1.165) is 32.1 Å². The molecule has 0 radical (unpaired) electrons. The molecular formula is C14H26IN3OS. The molecule has 0 spiro atoms. The fourth-order valence-corrected chi connectivity index (χ4v) is 2.59. The van der Waals surface area contributed by atoms with E-state index in [0.29, 0.717) is 12.5 Å². The number of thiophene rings is 1. The molecule has 1 unspecified atom stereocenters. The Hall–Kier alpha value is -0.340. The number of hydrogen-bond acceptors (Lipinski definition) is 3. The lowest BCUT2D eigenvalue weighted by Crippen LogP contribution is -2.41. The summed E-state index contributed by atoms with van der Waals surface area (Å²) in [5, 5.41) is 8.71. The van der Waals surface area contributed by atoms with Crippen molar-refractivity contribution in [2.24, 2.45) is 10.9 Å². The van der Waals surface area contributed by atoms with Crippen LogP contribution in [0.4, 0.5) is 0 Å². The largest absolute Gasteiger partial charge is 0.380 e. The molecule has 0 saturated heterocycles. The normalized spacial score (nSPS) is 12.7. The van der Waals surface area contributed by atoms with Crippen molar-refractivity contribution in [1.82, 2.24) is 10.6 Å². The first-order valence-electron chi connectivity index (χ1n) is 6.80. The maximum Gasteiger partial charge on any atom is 0.191 e. The molecule has 0 saturated carbocycles. The lowest BCUT2D eigenvalue weighted by atomic mass is 10.1. The lowest BCUT2D eigenvalue weighted by Gasteiger charge is -2.15. The van der Waals surface area contributed by atoms with Crippen LogP contribution < -0.4 is 10.6 Å². The standard InChI is InChI=1S/C14H25N3OS.HI/c1-4-18-8-7-16-14(15-3)17-11-12(2)10-13-6-5-9-19-13;/h5-6,9,12H,4,7-8,10-11H2,1-3H3,(H2,15,16,17);1H. The Kier molecular flexibility index (Phi) is 12.2. The number of nitrogens with one attached hydrogen (secondary N) is 2. The molecule has 4 nitrogen and oxygen atoms in total. The van der Waals surface area contributed by atoms with Crippen LogP contribution in [0.3, 0.4) is 0 Å². The fourth-order valence-electron chi connectivity index (χ4n) is 1.72. The van der Waals surface area contributed by atoms with Crippen molar-refractivity contribution in [1.29, 1.82) is 0 Å². The van der Waals surface area contributed by atoms with Crippen LogP contribution in [0.2, 0.25) is 0 Å². The summed E-state index contributed by atoms with van der Waals surface area (Å²) in [5.41, 5.74) is 0. The van der Waals surface area contributed by atoms with Crippen LogP contribution in [0.5, 0.6) is 0 Å². The minimum Gasteiger partial charge on any atom is -0.380 e. The minimum atomic E-state index is 0. The van der Waals surface area contributed by atoms with E-state index in [1.165, 1.54) is 4.88 Å². The van der Waals surface area contributed by atoms with Gasteiger partial charge in [0.05, 0.1) is 6.61 Å². The van der Waals surface area contributed by atoms with Gasteiger partial charge < -0.3 is 15.4 Å². The molecule has 1 aromatic heterocycles. The number of hydrogen-bond donors (Lipinski definition) is 2. The van der Waals surface area contributed by atoms with Crippen molar-refractivity contribution in [2.45, 2.75) is 20.3 Å². The minimum absolute atomic E-state index is 0. The lowest BCUT2D eigenvalue weighted by molar-refractivity contribution is 0.152. The first kappa shape index (κ1) is 19.7. The van der Waals surface area contributed by atoms with Crippen LogP contribution in [0.15, 0.2) is 22.5 Å². The molecule has 0 amide bonds. The van der Waals surface area contributed by atoms with Crippen LogP contribution >= 0.6 is 35.3 Å². The molecule has 0 aliphatic carbocycles. The second kappa shape index (κ2) is 12.4. The van der Waals surface area contributed by atoms with E-state index in [1.54, 1.807) is 7.05 Å². The van der Waals surface area contributed by atoms with Crippen LogP contribution in [-0.2, 0) is 11.2 Å². The molecule has 1 aromatic rings. The average Bonchev–Trinajstić information content (AvgIpc) is 2.91. The van der Waals surface area contributed by atoms with Gasteiger partial charge in [0.25, 0.3) is 0 Å². The number of aliphatic imine (C=N–C) groups is 1. The van der Waals surface area contributed by atoms with Gasteiger partial charge in [-0.05, 0) is 30.7 Å². The third kappa shape index (κ3) is 8.76. The molecule has 20 heavy (non-hydrogen) atoms. The van der Waals surface area contributed by atoms with Gasteiger partial charge >= 0.3 is 0 Å². The van der Waals surface area contributed by atoms with Crippen LogP contribution in [0, 0.1) is 5.92 Å². The van der Waals surface area contributed by atoms with E-state index in [2.05, 4.69) is 40.1 Å². The molecule has 1 heterocycles. The topological polar surface area (TPSA) is 45.6 Å². The van der Waals surface area contributed by atoms with E-state index >= 15 is 0 Å². The van der Waals surface area contributed by atoms with Gasteiger partial charge in [-0.3, -0.25) is 4.99 Å². The molecule has 2 N–H and O–H groups in total. The average molecular weight is 411 g/mol. The SMILES string of the molecule is CCOCCNC(=NC)NCC(C)Cc1cccs1.I. The van der Waals surface area contributed by atoms with E-state index in [-0.39, 0.29) is 24.0 Å². The zero-order chi connectivity index (χ0) is 13.9. The van der Waals surface area contributed by atoms with E-state index in [1.807, 2.05) is 18.3 Å².